The van der Waals surface area contributed by atoms with Gasteiger partial charge >= 0.3 is 0 Å². The number of hydrogen-bond donors (Lipinski definition) is 2. The van der Waals surface area contributed by atoms with E-state index in [1.54, 1.807) is 13.3 Å². The minimum atomic E-state index is 0.0604. The summed E-state index contributed by atoms with van der Waals surface area (Å²) >= 11 is 1.23. The Morgan fingerprint density at radius 2 is 1.75 bits per heavy atom. The summed E-state index contributed by atoms with van der Waals surface area (Å²) in [5, 5.41) is 6.63. The van der Waals surface area contributed by atoms with Gasteiger partial charge < -0.3 is 10.6 Å². The van der Waals surface area contributed by atoms with Gasteiger partial charge in [0.1, 0.15) is 17.9 Å². The molecule has 0 aliphatic carbocycles. The predicted octanol–water partition coefficient (Wildman–Crippen LogP) is 4.56. The van der Waals surface area contributed by atoms with Gasteiger partial charge in [-0.2, -0.15) is 4.98 Å². The summed E-state index contributed by atoms with van der Waals surface area (Å²) < 4.78 is 6.99. The van der Waals surface area contributed by atoms with Gasteiger partial charge in [0.05, 0.1) is 19.3 Å². The van der Waals surface area contributed by atoms with E-state index in [1.807, 2.05) is 30.5 Å². The van der Waals surface area contributed by atoms with Crippen LogP contribution in [0.25, 0.3) is 0 Å². The van der Waals surface area contributed by atoms with E-state index in [0.717, 1.165) is 17.9 Å². The molecule has 7 heteroatoms. The van der Waals surface area contributed by atoms with E-state index < -0.39 is 0 Å². The number of nitrogens with zero attached hydrogens (tertiary/aromatic N) is 3. The molecule has 0 aliphatic heterocycles. The second-order valence-corrected chi connectivity index (χ2v) is 7.24. The molecular formula is C21H25N5OS. The number of nitrogens with one attached hydrogen (secondary N) is 2. The predicted molar refractivity (Wildman–Crippen MR) is 118 cm³/mol. The standard InChI is InChI=1S/C21H25N5OS/c1-22-20-19(26(2)28-27-3)15-23-21(25-20)24-18(17-12-8-5-9-13-17)14-16-10-6-4-7-11-16/h4-13,15,18H,14H2,1-3H3,(H2,22,23,24,25). The van der Waals surface area contributed by atoms with Crippen LogP contribution in [0.4, 0.5) is 17.5 Å². The number of aromatic nitrogens is 2. The van der Waals surface area contributed by atoms with E-state index in [2.05, 4.69) is 69.1 Å². The van der Waals surface area contributed by atoms with Gasteiger partial charge in [-0.1, -0.05) is 60.7 Å². The Kier molecular flexibility index (Phi) is 7.11. The van der Waals surface area contributed by atoms with Crippen molar-refractivity contribution in [1.29, 1.82) is 0 Å². The average Bonchev–Trinajstić information content (AvgIpc) is 2.74. The number of hydrogen-bond acceptors (Lipinski definition) is 7. The molecule has 3 rings (SSSR count). The third kappa shape index (κ3) is 5.15. The first-order chi connectivity index (χ1) is 13.7. The van der Waals surface area contributed by atoms with Gasteiger partial charge in [-0.15, -0.1) is 0 Å². The second-order valence-electron chi connectivity index (χ2n) is 6.21. The first kappa shape index (κ1) is 20.0. The quantitative estimate of drug-likeness (QED) is 0.407. The van der Waals surface area contributed by atoms with E-state index in [0.29, 0.717) is 5.95 Å². The lowest BCUT2D eigenvalue weighted by molar-refractivity contribution is 0.489. The zero-order chi connectivity index (χ0) is 19.8. The smallest absolute Gasteiger partial charge is 0.225 e. The van der Waals surface area contributed by atoms with Crippen molar-refractivity contribution >= 4 is 29.7 Å². The van der Waals surface area contributed by atoms with E-state index in [9.17, 15) is 0 Å². The molecule has 0 aliphatic rings. The molecule has 0 saturated carbocycles. The summed E-state index contributed by atoms with van der Waals surface area (Å²) in [4.78, 5) is 9.18. The summed E-state index contributed by atoms with van der Waals surface area (Å²) in [5.74, 6) is 1.31. The molecule has 1 heterocycles. The SMILES string of the molecule is CNc1nc(NC(Cc2ccccc2)c2ccccc2)ncc1N(C)SOC. The zero-order valence-electron chi connectivity index (χ0n) is 16.3. The molecule has 0 spiro atoms. The Bertz CT molecular complexity index is 863. The molecule has 1 aromatic heterocycles. The highest BCUT2D eigenvalue weighted by atomic mass is 32.2. The van der Waals surface area contributed by atoms with Crippen LogP contribution in [0.3, 0.4) is 0 Å². The van der Waals surface area contributed by atoms with Gasteiger partial charge in [0.2, 0.25) is 5.95 Å². The summed E-state index contributed by atoms with van der Waals surface area (Å²) in [6.45, 7) is 0. The Morgan fingerprint density at radius 3 is 2.39 bits per heavy atom. The fourth-order valence-electron chi connectivity index (χ4n) is 2.95. The lowest BCUT2D eigenvalue weighted by atomic mass is 9.99. The highest BCUT2D eigenvalue weighted by Gasteiger charge is 2.16. The summed E-state index contributed by atoms with van der Waals surface area (Å²) in [6, 6.07) is 20.9. The Labute approximate surface area is 170 Å². The summed E-state index contributed by atoms with van der Waals surface area (Å²) in [5.41, 5.74) is 3.29. The van der Waals surface area contributed by atoms with Gasteiger partial charge in [-0.3, -0.25) is 8.49 Å². The monoisotopic (exact) mass is 395 g/mol. The van der Waals surface area contributed by atoms with E-state index >= 15 is 0 Å². The normalized spacial score (nSPS) is 11.7. The molecule has 6 nitrogen and oxygen atoms in total. The number of benzene rings is 2. The van der Waals surface area contributed by atoms with Gasteiger partial charge in [-0.25, -0.2) is 4.98 Å². The van der Waals surface area contributed by atoms with Crippen LogP contribution >= 0.6 is 12.2 Å². The van der Waals surface area contributed by atoms with Gasteiger partial charge in [0.25, 0.3) is 0 Å². The first-order valence-corrected chi connectivity index (χ1v) is 9.76. The van der Waals surface area contributed by atoms with Crippen molar-refractivity contribution in [2.24, 2.45) is 0 Å². The zero-order valence-corrected chi connectivity index (χ0v) is 17.1. The van der Waals surface area contributed by atoms with Crippen molar-refractivity contribution < 1.29 is 4.18 Å². The molecule has 1 atom stereocenters. The van der Waals surface area contributed by atoms with Crippen LogP contribution in [-0.4, -0.2) is 31.2 Å². The van der Waals surface area contributed by atoms with E-state index in [-0.39, 0.29) is 6.04 Å². The first-order valence-electron chi connectivity index (χ1n) is 9.06. The molecule has 0 radical (unpaired) electrons. The molecule has 146 valence electrons. The van der Waals surface area contributed by atoms with Crippen LogP contribution in [-0.2, 0) is 10.6 Å². The van der Waals surface area contributed by atoms with Gasteiger partial charge in [0, 0.05) is 14.1 Å². The fraction of sp³-hybridized carbons (Fsp3) is 0.238. The minimum Gasteiger partial charge on any atom is -0.371 e. The third-order valence-corrected chi connectivity index (χ3v) is 4.89. The molecule has 1 unspecified atom stereocenters. The van der Waals surface area contributed by atoms with Crippen LogP contribution < -0.4 is 14.9 Å². The topological polar surface area (TPSA) is 62.3 Å². The van der Waals surface area contributed by atoms with Crippen molar-refractivity contribution in [3.8, 4) is 0 Å². The Morgan fingerprint density at radius 1 is 1.07 bits per heavy atom. The van der Waals surface area contributed by atoms with Crippen LogP contribution in [0.1, 0.15) is 17.2 Å². The molecule has 2 aromatic carbocycles. The highest BCUT2D eigenvalue weighted by Crippen LogP contribution is 2.29. The lowest BCUT2D eigenvalue weighted by Gasteiger charge is -2.22. The maximum absolute atomic E-state index is 5.12. The Hall–Kier alpha value is -2.77. The molecular weight excluding hydrogens is 370 g/mol. The van der Waals surface area contributed by atoms with Crippen molar-refractivity contribution in [2.45, 2.75) is 12.5 Å². The summed E-state index contributed by atoms with van der Waals surface area (Å²) in [6.07, 6.45) is 2.63. The van der Waals surface area contributed by atoms with Crippen LogP contribution in [0.15, 0.2) is 66.9 Å². The summed E-state index contributed by atoms with van der Waals surface area (Å²) in [7, 11) is 5.38. The van der Waals surface area contributed by atoms with Crippen LogP contribution in [0.2, 0.25) is 0 Å². The third-order valence-electron chi connectivity index (χ3n) is 4.32. The van der Waals surface area contributed by atoms with E-state index in [4.69, 9.17) is 4.18 Å². The molecule has 0 bridgehead atoms. The van der Waals surface area contributed by atoms with Gasteiger partial charge in [0.15, 0.2) is 5.82 Å². The number of anilines is 3. The molecule has 0 fully saturated rings. The fourth-order valence-corrected chi connectivity index (χ4v) is 3.39. The second kappa shape index (κ2) is 9.96. The van der Waals surface area contributed by atoms with Crippen LogP contribution in [0, 0.1) is 0 Å². The molecule has 0 saturated heterocycles. The minimum absolute atomic E-state index is 0.0604. The lowest BCUT2D eigenvalue weighted by Crippen LogP contribution is -2.17. The largest absolute Gasteiger partial charge is 0.371 e. The van der Waals surface area contributed by atoms with Gasteiger partial charge in [-0.05, 0) is 17.5 Å². The maximum Gasteiger partial charge on any atom is 0.225 e. The van der Waals surface area contributed by atoms with Crippen molar-refractivity contribution in [2.75, 3.05) is 36.1 Å². The molecule has 2 N–H and O–H groups in total. The number of rotatable bonds is 9. The van der Waals surface area contributed by atoms with Crippen LogP contribution in [0.5, 0.6) is 0 Å². The van der Waals surface area contributed by atoms with Crippen molar-refractivity contribution in [1.82, 2.24) is 9.97 Å². The molecule has 3 aromatic rings. The van der Waals surface area contributed by atoms with Crippen molar-refractivity contribution in [3.05, 3.63) is 78.0 Å². The molecule has 0 amide bonds. The van der Waals surface area contributed by atoms with Crippen molar-refractivity contribution in [3.63, 3.8) is 0 Å². The van der Waals surface area contributed by atoms with E-state index in [1.165, 1.54) is 23.4 Å². The maximum atomic E-state index is 5.12. The Balaban J connectivity index is 1.86. The highest BCUT2D eigenvalue weighted by molar-refractivity contribution is 7.96. The molecule has 28 heavy (non-hydrogen) atoms. The average molecular weight is 396 g/mol.